The van der Waals surface area contributed by atoms with Gasteiger partial charge in [-0.15, -0.1) is 0 Å². The Morgan fingerprint density at radius 2 is 2.18 bits per heavy atom. The molecule has 1 heterocycles. The topological polar surface area (TPSA) is 85.6 Å². The molecule has 0 radical (unpaired) electrons. The van der Waals surface area contributed by atoms with Crippen molar-refractivity contribution in [3.05, 3.63) is 23.7 Å². The summed E-state index contributed by atoms with van der Waals surface area (Å²) in [7, 11) is -0.271. The molecule has 0 aromatic carbocycles. The smallest absolute Gasteiger partial charge is 0.373 e. The first kappa shape index (κ1) is 13.7. The maximum Gasteiger partial charge on any atom is 0.373 e. The van der Waals surface area contributed by atoms with E-state index in [0.717, 1.165) is 6.26 Å². The standard InChI is InChI=1S/C10H15NO5S/c1-11-7(6-17(3,13)14)8-4-5-9(16-8)10(12)15-2/h4-5,7,11H,6H2,1-3H3. The highest BCUT2D eigenvalue weighted by atomic mass is 32.2. The monoisotopic (exact) mass is 261 g/mol. The summed E-state index contributed by atoms with van der Waals surface area (Å²) < 4.78 is 32.1. The highest BCUT2D eigenvalue weighted by molar-refractivity contribution is 7.90. The molecule has 0 aliphatic carbocycles. The average molecular weight is 261 g/mol. The van der Waals surface area contributed by atoms with Gasteiger partial charge in [0, 0.05) is 6.26 Å². The zero-order chi connectivity index (χ0) is 13.1. The van der Waals surface area contributed by atoms with E-state index in [1.54, 1.807) is 13.1 Å². The van der Waals surface area contributed by atoms with E-state index in [-0.39, 0.29) is 11.5 Å². The van der Waals surface area contributed by atoms with Crippen LogP contribution in [-0.4, -0.2) is 40.6 Å². The zero-order valence-corrected chi connectivity index (χ0v) is 10.7. The SMILES string of the molecule is CNC(CS(C)(=O)=O)c1ccc(C(=O)OC)o1. The van der Waals surface area contributed by atoms with E-state index in [4.69, 9.17) is 4.42 Å². The molecule has 7 heteroatoms. The van der Waals surface area contributed by atoms with E-state index in [0.29, 0.717) is 5.76 Å². The highest BCUT2D eigenvalue weighted by Gasteiger charge is 2.20. The van der Waals surface area contributed by atoms with Gasteiger partial charge in [-0.25, -0.2) is 13.2 Å². The Kier molecular flexibility index (Phi) is 4.30. The molecule has 0 saturated carbocycles. The molecule has 1 aromatic heterocycles. The fourth-order valence-corrected chi connectivity index (χ4v) is 2.30. The van der Waals surface area contributed by atoms with Gasteiger partial charge in [0.1, 0.15) is 15.6 Å². The number of rotatable bonds is 5. The van der Waals surface area contributed by atoms with E-state index in [1.165, 1.54) is 13.2 Å². The van der Waals surface area contributed by atoms with E-state index in [9.17, 15) is 13.2 Å². The van der Waals surface area contributed by atoms with E-state index in [1.807, 2.05) is 0 Å². The molecule has 0 bridgehead atoms. The lowest BCUT2D eigenvalue weighted by Crippen LogP contribution is -2.24. The number of hydrogen-bond acceptors (Lipinski definition) is 6. The predicted octanol–water partition coefficient (Wildman–Crippen LogP) is 0.371. The van der Waals surface area contributed by atoms with Crippen LogP contribution in [0.3, 0.4) is 0 Å². The minimum absolute atomic E-state index is 0.0521. The number of furan rings is 1. The number of ether oxygens (including phenoxy) is 1. The second kappa shape index (κ2) is 5.33. The summed E-state index contributed by atoms with van der Waals surface area (Å²) in [5.74, 6) is -0.252. The Labute approximate surface area is 99.9 Å². The molecule has 0 saturated heterocycles. The molecule has 96 valence electrons. The maximum atomic E-state index is 11.2. The molecule has 0 fully saturated rings. The number of carbonyl (C=O) groups is 1. The molecule has 1 aromatic rings. The van der Waals surface area contributed by atoms with Crippen molar-refractivity contribution in [2.45, 2.75) is 6.04 Å². The Morgan fingerprint density at radius 3 is 2.65 bits per heavy atom. The molecule has 0 amide bonds. The average Bonchev–Trinajstić information content (AvgIpc) is 2.72. The molecule has 1 atom stereocenters. The summed E-state index contributed by atoms with van der Waals surface area (Å²) in [6.45, 7) is 0. The van der Waals surface area contributed by atoms with Gasteiger partial charge in [0.2, 0.25) is 5.76 Å². The van der Waals surface area contributed by atoms with Crippen LogP contribution in [0.5, 0.6) is 0 Å². The summed E-state index contributed by atoms with van der Waals surface area (Å²) in [5, 5.41) is 2.82. The minimum atomic E-state index is -3.14. The Balaban J connectivity index is 2.90. The van der Waals surface area contributed by atoms with E-state index < -0.39 is 21.8 Å². The van der Waals surface area contributed by atoms with Crippen molar-refractivity contribution in [2.24, 2.45) is 0 Å². The van der Waals surface area contributed by atoms with Gasteiger partial charge in [0.25, 0.3) is 0 Å². The van der Waals surface area contributed by atoms with Crippen LogP contribution in [0.25, 0.3) is 0 Å². The summed E-state index contributed by atoms with van der Waals surface area (Å²) in [4.78, 5) is 11.2. The molecule has 6 nitrogen and oxygen atoms in total. The Hall–Kier alpha value is -1.34. The number of esters is 1. The van der Waals surface area contributed by atoms with Crippen molar-refractivity contribution < 1.29 is 22.4 Å². The summed E-state index contributed by atoms with van der Waals surface area (Å²) >= 11 is 0. The first-order chi connectivity index (χ1) is 7.87. The number of hydrogen-bond donors (Lipinski definition) is 1. The second-order valence-electron chi connectivity index (χ2n) is 3.63. The number of sulfone groups is 1. The second-order valence-corrected chi connectivity index (χ2v) is 5.81. The lowest BCUT2D eigenvalue weighted by molar-refractivity contribution is 0.0562. The highest BCUT2D eigenvalue weighted by Crippen LogP contribution is 2.18. The van der Waals surface area contributed by atoms with Crippen LogP contribution < -0.4 is 5.32 Å². The molecule has 0 aliphatic heterocycles. The van der Waals surface area contributed by atoms with Crippen molar-refractivity contribution in [3.63, 3.8) is 0 Å². The van der Waals surface area contributed by atoms with Crippen molar-refractivity contribution in [2.75, 3.05) is 26.2 Å². The molecular weight excluding hydrogens is 246 g/mol. The van der Waals surface area contributed by atoms with Gasteiger partial charge in [-0.3, -0.25) is 0 Å². The normalized spacial score (nSPS) is 13.4. The van der Waals surface area contributed by atoms with Gasteiger partial charge >= 0.3 is 5.97 Å². The van der Waals surface area contributed by atoms with Crippen molar-refractivity contribution in [3.8, 4) is 0 Å². The fraction of sp³-hybridized carbons (Fsp3) is 0.500. The maximum absolute atomic E-state index is 11.2. The predicted molar refractivity (Wildman–Crippen MR) is 61.6 cm³/mol. The number of carbonyl (C=O) groups excluding carboxylic acids is 1. The van der Waals surface area contributed by atoms with Crippen LogP contribution in [0, 0.1) is 0 Å². The molecule has 1 rings (SSSR count). The molecular formula is C10H15NO5S. The lowest BCUT2D eigenvalue weighted by Gasteiger charge is -2.11. The summed E-state index contributed by atoms with van der Waals surface area (Å²) in [5.41, 5.74) is 0. The summed E-state index contributed by atoms with van der Waals surface area (Å²) in [6.07, 6.45) is 1.14. The largest absolute Gasteiger partial charge is 0.463 e. The summed E-state index contributed by atoms with van der Waals surface area (Å²) in [6, 6.07) is 2.52. The van der Waals surface area contributed by atoms with Crippen LogP contribution in [0.15, 0.2) is 16.5 Å². The van der Waals surface area contributed by atoms with Crippen molar-refractivity contribution in [1.82, 2.24) is 5.32 Å². The third kappa shape index (κ3) is 3.86. The van der Waals surface area contributed by atoms with Gasteiger partial charge in [-0.05, 0) is 19.2 Å². The van der Waals surface area contributed by atoms with Crippen LogP contribution in [0.2, 0.25) is 0 Å². The van der Waals surface area contributed by atoms with E-state index in [2.05, 4.69) is 10.1 Å². The van der Waals surface area contributed by atoms with Gasteiger partial charge in [0.15, 0.2) is 0 Å². The molecule has 0 aliphatic rings. The quantitative estimate of drug-likeness (QED) is 0.771. The number of nitrogens with one attached hydrogen (secondary N) is 1. The van der Waals surface area contributed by atoms with Crippen molar-refractivity contribution in [1.29, 1.82) is 0 Å². The zero-order valence-electron chi connectivity index (χ0n) is 9.89. The van der Waals surface area contributed by atoms with Crippen LogP contribution in [0.1, 0.15) is 22.4 Å². The van der Waals surface area contributed by atoms with E-state index >= 15 is 0 Å². The van der Waals surface area contributed by atoms with Crippen LogP contribution >= 0.6 is 0 Å². The first-order valence-electron chi connectivity index (χ1n) is 4.90. The molecule has 17 heavy (non-hydrogen) atoms. The Morgan fingerprint density at radius 1 is 1.53 bits per heavy atom. The Bertz CT molecular complexity index is 491. The third-order valence-electron chi connectivity index (χ3n) is 2.17. The fourth-order valence-electron chi connectivity index (χ4n) is 1.36. The van der Waals surface area contributed by atoms with Crippen LogP contribution in [0.4, 0.5) is 0 Å². The van der Waals surface area contributed by atoms with Crippen molar-refractivity contribution >= 4 is 15.8 Å². The molecule has 0 spiro atoms. The first-order valence-corrected chi connectivity index (χ1v) is 6.96. The van der Waals surface area contributed by atoms with Gasteiger partial charge in [-0.2, -0.15) is 0 Å². The van der Waals surface area contributed by atoms with Gasteiger partial charge in [0.05, 0.1) is 18.9 Å². The van der Waals surface area contributed by atoms with Gasteiger partial charge < -0.3 is 14.5 Å². The minimum Gasteiger partial charge on any atom is -0.463 e. The van der Waals surface area contributed by atoms with Crippen LogP contribution in [-0.2, 0) is 14.6 Å². The van der Waals surface area contributed by atoms with Gasteiger partial charge in [-0.1, -0.05) is 0 Å². The molecule has 1 N–H and O–H groups in total. The molecule has 1 unspecified atom stereocenters. The number of methoxy groups -OCH3 is 1. The lowest BCUT2D eigenvalue weighted by atomic mass is 10.2. The third-order valence-corrected chi connectivity index (χ3v) is 3.11.